The number of hydrogen-bond acceptors (Lipinski definition) is 3. The average molecular weight is 247 g/mol. The maximum absolute atomic E-state index is 11.8. The maximum atomic E-state index is 11.8. The van der Waals surface area contributed by atoms with Crippen LogP contribution in [0.15, 0.2) is 43.0 Å². The minimum atomic E-state index is -0.664. The van der Waals surface area contributed by atoms with Gasteiger partial charge in [-0.25, -0.2) is 4.79 Å². The lowest BCUT2D eigenvalue weighted by molar-refractivity contribution is -0.145. The van der Waals surface area contributed by atoms with Gasteiger partial charge in [0.05, 0.1) is 6.61 Å². The van der Waals surface area contributed by atoms with E-state index in [4.69, 9.17) is 4.74 Å². The minimum absolute atomic E-state index is 0.286. The van der Waals surface area contributed by atoms with Gasteiger partial charge in [-0.1, -0.05) is 24.3 Å². The Labute approximate surface area is 107 Å². The second-order valence-electron chi connectivity index (χ2n) is 3.81. The van der Waals surface area contributed by atoms with E-state index in [9.17, 15) is 9.59 Å². The van der Waals surface area contributed by atoms with Crippen LogP contribution in [0.1, 0.15) is 23.7 Å². The molecule has 96 valence electrons. The smallest absolute Gasteiger partial charge is 0.328 e. The number of rotatable bonds is 6. The van der Waals surface area contributed by atoms with Gasteiger partial charge in [-0.15, -0.1) is 6.58 Å². The molecule has 1 aromatic rings. The third-order valence-electron chi connectivity index (χ3n) is 2.30. The Hall–Kier alpha value is -2.10. The molecule has 0 aromatic heterocycles. The number of nitrogens with one attached hydrogen (secondary N) is 1. The molecular formula is C14H17NO3. The predicted octanol–water partition coefficient (Wildman–Crippen LogP) is 1.92. The monoisotopic (exact) mass is 247 g/mol. The molecule has 0 saturated heterocycles. The fourth-order valence-corrected chi connectivity index (χ4v) is 1.30. The first-order valence-corrected chi connectivity index (χ1v) is 5.78. The van der Waals surface area contributed by atoms with E-state index >= 15 is 0 Å². The first kappa shape index (κ1) is 14.0. The second kappa shape index (κ2) is 7.27. The van der Waals surface area contributed by atoms with Crippen LogP contribution >= 0.6 is 0 Å². The van der Waals surface area contributed by atoms with Crippen LogP contribution in [0.2, 0.25) is 0 Å². The summed E-state index contributed by atoms with van der Waals surface area (Å²) >= 11 is 0. The minimum Gasteiger partial charge on any atom is -0.464 e. The normalized spacial score (nSPS) is 11.4. The lowest BCUT2D eigenvalue weighted by Crippen LogP contribution is -2.39. The summed E-state index contributed by atoms with van der Waals surface area (Å²) in [6, 6.07) is 8.06. The number of benzene rings is 1. The Bertz CT molecular complexity index is 414. The molecule has 0 aliphatic heterocycles. The van der Waals surface area contributed by atoms with E-state index in [1.54, 1.807) is 37.3 Å². The summed E-state index contributed by atoms with van der Waals surface area (Å²) in [5.41, 5.74) is 0.517. The number of amides is 1. The number of esters is 1. The van der Waals surface area contributed by atoms with Gasteiger partial charge >= 0.3 is 5.97 Å². The zero-order valence-corrected chi connectivity index (χ0v) is 10.4. The Morgan fingerprint density at radius 3 is 2.67 bits per heavy atom. The van der Waals surface area contributed by atoms with Crippen molar-refractivity contribution in [3.05, 3.63) is 48.6 Å². The fraction of sp³-hybridized carbons (Fsp3) is 0.286. The van der Waals surface area contributed by atoms with Crippen LogP contribution in [0.5, 0.6) is 0 Å². The molecule has 1 aromatic carbocycles. The molecule has 1 rings (SSSR count). The topological polar surface area (TPSA) is 55.4 Å². The quantitative estimate of drug-likeness (QED) is 0.474. The number of carbonyl (C=O) groups is 2. The summed E-state index contributed by atoms with van der Waals surface area (Å²) in [5.74, 6) is -0.732. The molecule has 18 heavy (non-hydrogen) atoms. The molecule has 1 N–H and O–H groups in total. The number of hydrogen-bond donors (Lipinski definition) is 1. The van der Waals surface area contributed by atoms with Gasteiger partial charge in [0.1, 0.15) is 6.04 Å². The van der Waals surface area contributed by atoms with Gasteiger partial charge in [0, 0.05) is 5.56 Å². The molecule has 4 nitrogen and oxygen atoms in total. The number of carbonyl (C=O) groups excluding carboxylic acids is 2. The molecule has 0 radical (unpaired) electrons. The maximum Gasteiger partial charge on any atom is 0.328 e. The zero-order chi connectivity index (χ0) is 13.4. The highest BCUT2D eigenvalue weighted by Gasteiger charge is 2.17. The van der Waals surface area contributed by atoms with E-state index < -0.39 is 12.0 Å². The summed E-state index contributed by atoms with van der Waals surface area (Å²) in [7, 11) is 0. The van der Waals surface area contributed by atoms with Crippen LogP contribution in [-0.4, -0.2) is 24.5 Å². The SMILES string of the molecule is C=CCCOC(=O)[C@H](C)NC(=O)c1ccccc1. The van der Waals surface area contributed by atoms with Crippen molar-refractivity contribution in [3.8, 4) is 0 Å². The van der Waals surface area contributed by atoms with Crippen LogP contribution in [0.3, 0.4) is 0 Å². The third kappa shape index (κ3) is 4.41. The van der Waals surface area contributed by atoms with Gasteiger partial charge < -0.3 is 10.1 Å². The van der Waals surface area contributed by atoms with Crippen molar-refractivity contribution in [1.82, 2.24) is 5.32 Å². The summed E-state index contributed by atoms with van der Waals surface area (Å²) < 4.78 is 4.96. The van der Waals surface area contributed by atoms with Crippen LogP contribution in [-0.2, 0) is 9.53 Å². The highest BCUT2D eigenvalue weighted by Crippen LogP contribution is 1.99. The van der Waals surface area contributed by atoms with Gasteiger partial charge in [-0.3, -0.25) is 4.79 Å². The Morgan fingerprint density at radius 1 is 1.39 bits per heavy atom. The highest BCUT2D eigenvalue weighted by atomic mass is 16.5. The first-order valence-electron chi connectivity index (χ1n) is 5.78. The molecule has 0 unspecified atom stereocenters. The zero-order valence-electron chi connectivity index (χ0n) is 10.4. The molecule has 0 bridgehead atoms. The van der Waals surface area contributed by atoms with Crippen LogP contribution in [0.4, 0.5) is 0 Å². The van der Waals surface area contributed by atoms with Crippen molar-refractivity contribution in [2.24, 2.45) is 0 Å². The first-order chi connectivity index (χ1) is 8.65. The van der Waals surface area contributed by atoms with Gasteiger partial charge in [0.15, 0.2) is 0 Å². The van der Waals surface area contributed by atoms with Gasteiger partial charge in [-0.2, -0.15) is 0 Å². The predicted molar refractivity (Wildman–Crippen MR) is 69.1 cm³/mol. The standard InChI is InChI=1S/C14H17NO3/c1-3-4-10-18-14(17)11(2)15-13(16)12-8-6-5-7-9-12/h3,5-9,11H,1,4,10H2,2H3,(H,15,16)/t11-/m0/s1. The van der Waals surface area contributed by atoms with Crippen LogP contribution in [0.25, 0.3) is 0 Å². The summed E-state index contributed by atoms with van der Waals surface area (Å²) in [4.78, 5) is 23.3. The molecule has 0 saturated carbocycles. The van der Waals surface area contributed by atoms with Gasteiger partial charge in [0.25, 0.3) is 5.91 Å². The second-order valence-corrected chi connectivity index (χ2v) is 3.81. The molecular weight excluding hydrogens is 230 g/mol. The molecule has 1 amide bonds. The molecule has 1 atom stereocenters. The largest absolute Gasteiger partial charge is 0.464 e. The van der Waals surface area contributed by atoms with Crippen molar-refractivity contribution in [1.29, 1.82) is 0 Å². The van der Waals surface area contributed by atoms with Crippen molar-refractivity contribution in [2.75, 3.05) is 6.61 Å². The van der Waals surface area contributed by atoms with Crippen LogP contribution < -0.4 is 5.32 Å². The summed E-state index contributed by atoms with van der Waals surface area (Å²) in [6.07, 6.45) is 2.27. The van der Waals surface area contributed by atoms with Gasteiger partial charge in [0.2, 0.25) is 0 Å². The fourth-order valence-electron chi connectivity index (χ4n) is 1.30. The van der Waals surface area contributed by atoms with E-state index in [0.29, 0.717) is 12.0 Å². The lowest BCUT2D eigenvalue weighted by Gasteiger charge is -2.12. The Balaban J connectivity index is 2.44. The van der Waals surface area contributed by atoms with E-state index in [-0.39, 0.29) is 12.5 Å². The van der Waals surface area contributed by atoms with Crippen molar-refractivity contribution in [2.45, 2.75) is 19.4 Å². The molecule has 0 spiro atoms. The van der Waals surface area contributed by atoms with Crippen LogP contribution in [0, 0.1) is 0 Å². The molecule has 4 heteroatoms. The highest BCUT2D eigenvalue weighted by molar-refractivity contribution is 5.96. The van der Waals surface area contributed by atoms with E-state index in [1.807, 2.05) is 6.07 Å². The van der Waals surface area contributed by atoms with Crippen molar-refractivity contribution < 1.29 is 14.3 Å². The van der Waals surface area contributed by atoms with Crippen molar-refractivity contribution in [3.63, 3.8) is 0 Å². The molecule has 0 heterocycles. The van der Waals surface area contributed by atoms with Gasteiger partial charge in [-0.05, 0) is 25.5 Å². The van der Waals surface area contributed by atoms with E-state index in [2.05, 4.69) is 11.9 Å². The number of ether oxygens (including phenoxy) is 1. The Kier molecular flexibility index (Phi) is 5.64. The third-order valence-corrected chi connectivity index (χ3v) is 2.30. The molecule has 0 fully saturated rings. The Morgan fingerprint density at radius 2 is 2.06 bits per heavy atom. The van der Waals surface area contributed by atoms with Crippen molar-refractivity contribution >= 4 is 11.9 Å². The lowest BCUT2D eigenvalue weighted by atomic mass is 10.2. The molecule has 0 aliphatic rings. The van der Waals surface area contributed by atoms with E-state index in [0.717, 1.165) is 0 Å². The summed E-state index contributed by atoms with van der Waals surface area (Å²) in [6.45, 7) is 5.41. The summed E-state index contributed by atoms with van der Waals surface area (Å²) in [5, 5.41) is 2.58. The molecule has 0 aliphatic carbocycles. The van der Waals surface area contributed by atoms with E-state index in [1.165, 1.54) is 0 Å². The average Bonchev–Trinajstić information content (AvgIpc) is 2.39.